The lowest BCUT2D eigenvalue weighted by atomic mass is 10.1. The predicted octanol–water partition coefficient (Wildman–Crippen LogP) is 4.55. The van der Waals surface area contributed by atoms with Crippen LogP contribution in [0.2, 0.25) is 5.04 Å². The third-order valence-electron chi connectivity index (χ3n) is 6.83. The van der Waals surface area contributed by atoms with Gasteiger partial charge < -0.3 is 19.5 Å². The summed E-state index contributed by atoms with van der Waals surface area (Å²) in [5, 5.41) is 7.55. The van der Waals surface area contributed by atoms with Crippen LogP contribution < -0.4 is 21.1 Å². The number of ether oxygens (including phenoxy) is 1. The number of carbonyl (C=O) groups is 1. The van der Waals surface area contributed by atoms with E-state index < -0.39 is 24.1 Å². The average molecular weight is 599 g/mol. The summed E-state index contributed by atoms with van der Waals surface area (Å²) in [7, 11) is -0.825. The van der Waals surface area contributed by atoms with Crippen LogP contribution in [0.1, 0.15) is 33.6 Å². The Morgan fingerprint density at radius 3 is 2.13 bits per heavy atom. The molecule has 0 aliphatic carbocycles. The number of rotatable bonds is 10. The molecule has 2 N–H and O–H groups in total. The topological polar surface area (TPSA) is 62.8 Å². The summed E-state index contributed by atoms with van der Waals surface area (Å²) in [6.45, 7) is 11.9. The first-order valence-electron chi connectivity index (χ1n) is 12.8. The van der Waals surface area contributed by atoms with Gasteiger partial charge in [-0.3, -0.25) is 4.79 Å². The third-order valence-corrected chi connectivity index (χ3v) is 12.2. The fourth-order valence-electron chi connectivity index (χ4n) is 4.93. The molecule has 1 heterocycles. The van der Waals surface area contributed by atoms with Crippen molar-refractivity contribution >= 4 is 59.5 Å². The largest absolute Gasteiger partial charge is 0.460 e. The molecule has 0 spiro atoms. The zero-order valence-electron chi connectivity index (χ0n) is 22.5. The van der Waals surface area contributed by atoms with Gasteiger partial charge in [-0.1, -0.05) is 123 Å². The number of benzene rings is 2. The van der Waals surface area contributed by atoms with Crippen LogP contribution in [0.4, 0.5) is 0 Å². The molecule has 38 heavy (non-hydrogen) atoms. The van der Waals surface area contributed by atoms with E-state index in [1.807, 2.05) is 24.2 Å². The standard InChI is InChI=1S/C28H38Cl3N3O3Si/c1-21(34-18-12-17-24(33-34)26(35)36-20-28(29,30)31)25(32-5)19-37-38(27(2,3)4,22-13-8-6-9-14-22)23-15-10-7-11-16-23/h6-11,13-16,24-25,32-33H,1,12,17-20H2,2-5H3. The molecule has 1 fully saturated rings. The van der Waals surface area contributed by atoms with Gasteiger partial charge in [-0.25, -0.2) is 5.43 Å². The minimum atomic E-state index is -2.72. The number of likely N-dealkylation sites (N-methyl/N-ethyl adjacent to an activating group) is 1. The maximum atomic E-state index is 12.6. The number of alkyl halides is 3. The minimum Gasteiger partial charge on any atom is -0.460 e. The molecule has 2 atom stereocenters. The maximum Gasteiger partial charge on any atom is 0.325 e. The number of nitrogens with one attached hydrogen (secondary N) is 2. The van der Waals surface area contributed by atoms with Crippen LogP contribution in [0, 0.1) is 0 Å². The number of nitrogens with zero attached hydrogens (tertiary/aromatic N) is 1. The number of carbonyl (C=O) groups excluding carboxylic acids is 1. The van der Waals surface area contributed by atoms with Gasteiger partial charge in [0.05, 0.1) is 12.6 Å². The zero-order chi connectivity index (χ0) is 28.0. The van der Waals surface area contributed by atoms with E-state index in [9.17, 15) is 4.79 Å². The lowest BCUT2D eigenvalue weighted by Gasteiger charge is -2.44. The Kier molecular flexibility index (Phi) is 10.7. The smallest absolute Gasteiger partial charge is 0.325 e. The molecule has 10 heteroatoms. The first kappa shape index (κ1) is 31.0. The second-order valence-corrected chi connectivity index (χ2v) is 17.3. The van der Waals surface area contributed by atoms with Crippen LogP contribution in [-0.4, -0.2) is 62.0 Å². The van der Waals surface area contributed by atoms with Crippen molar-refractivity contribution in [2.24, 2.45) is 0 Å². The van der Waals surface area contributed by atoms with Crippen molar-refractivity contribution in [2.45, 2.75) is 54.5 Å². The van der Waals surface area contributed by atoms with Crippen molar-refractivity contribution in [3.63, 3.8) is 0 Å². The molecule has 2 aromatic rings. The molecule has 0 amide bonds. The van der Waals surface area contributed by atoms with E-state index in [1.54, 1.807) is 0 Å². The van der Waals surface area contributed by atoms with Crippen molar-refractivity contribution in [1.82, 2.24) is 15.8 Å². The summed E-state index contributed by atoms with van der Waals surface area (Å²) in [5.74, 6) is -0.460. The normalized spacial score (nSPS) is 17.7. The molecule has 1 aliphatic rings. The van der Waals surface area contributed by atoms with Gasteiger partial charge in [-0.15, -0.1) is 0 Å². The van der Waals surface area contributed by atoms with E-state index in [-0.39, 0.29) is 17.7 Å². The number of hydrogen-bond acceptors (Lipinski definition) is 6. The summed E-state index contributed by atoms with van der Waals surface area (Å²) in [6.07, 6.45) is 1.40. The van der Waals surface area contributed by atoms with Gasteiger partial charge in [-0.2, -0.15) is 0 Å². The van der Waals surface area contributed by atoms with Crippen LogP contribution in [-0.2, 0) is 14.0 Å². The molecule has 2 aromatic carbocycles. The highest BCUT2D eigenvalue weighted by Gasteiger charge is 2.50. The van der Waals surface area contributed by atoms with Crippen molar-refractivity contribution in [2.75, 3.05) is 26.8 Å². The highest BCUT2D eigenvalue weighted by Crippen LogP contribution is 2.37. The second kappa shape index (κ2) is 13.2. The van der Waals surface area contributed by atoms with Crippen LogP contribution in [0.5, 0.6) is 0 Å². The highest BCUT2D eigenvalue weighted by molar-refractivity contribution is 6.99. The van der Waals surface area contributed by atoms with Crippen LogP contribution in [0.15, 0.2) is 72.9 Å². The molecule has 3 rings (SSSR count). The molecule has 1 saturated heterocycles. The van der Waals surface area contributed by atoms with E-state index in [0.29, 0.717) is 19.6 Å². The lowest BCUT2D eigenvalue weighted by molar-refractivity contribution is -0.148. The molecule has 0 bridgehead atoms. The van der Waals surface area contributed by atoms with Gasteiger partial charge in [0.25, 0.3) is 8.32 Å². The Balaban J connectivity index is 1.81. The van der Waals surface area contributed by atoms with E-state index in [0.717, 1.165) is 12.1 Å². The number of hydrogen-bond donors (Lipinski definition) is 2. The Morgan fingerprint density at radius 2 is 1.66 bits per heavy atom. The minimum absolute atomic E-state index is 0.143. The van der Waals surface area contributed by atoms with E-state index >= 15 is 0 Å². The summed E-state index contributed by atoms with van der Waals surface area (Å²) < 4.78 is 10.7. The monoisotopic (exact) mass is 597 g/mol. The summed E-state index contributed by atoms with van der Waals surface area (Å²) in [4.78, 5) is 12.6. The van der Waals surface area contributed by atoms with Crippen LogP contribution >= 0.6 is 34.8 Å². The van der Waals surface area contributed by atoms with Gasteiger partial charge >= 0.3 is 5.97 Å². The lowest BCUT2D eigenvalue weighted by Crippen LogP contribution is -2.67. The van der Waals surface area contributed by atoms with Crippen molar-refractivity contribution in [1.29, 1.82) is 0 Å². The van der Waals surface area contributed by atoms with Crippen LogP contribution in [0.25, 0.3) is 0 Å². The van der Waals surface area contributed by atoms with Crippen molar-refractivity contribution < 1.29 is 14.0 Å². The Hall–Kier alpha value is -1.58. The molecular formula is C28H38Cl3N3O3Si. The summed E-state index contributed by atoms with van der Waals surface area (Å²) in [5.41, 5.74) is 4.02. The summed E-state index contributed by atoms with van der Waals surface area (Å²) >= 11 is 17.2. The van der Waals surface area contributed by atoms with Gasteiger partial charge in [0.15, 0.2) is 0 Å². The third kappa shape index (κ3) is 7.54. The molecular weight excluding hydrogens is 561 g/mol. The number of hydrazine groups is 1. The van der Waals surface area contributed by atoms with Gasteiger partial charge in [0.2, 0.25) is 3.79 Å². The molecule has 208 valence electrons. The van der Waals surface area contributed by atoms with Crippen molar-refractivity contribution in [3.05, 3.63) is 72.9 Å². The number of halogens is 3. The molecule has 0 saturated carbocycles. The van der Waals surface area contributed by atoms with Crippen molar-refractivity contribution in [3.8, 4) is 0 Å². The summed E-state index contributed by atoms with van der Waals surface area (Å²) in [6, 6.07) is 20.3. The zero-order valence-corrected chi connectivity index (χ0v) is 25.7. The highest BCUT2D eigenvalue weighted by atomic mass is 35.6. The first-order valence-corrected chi connectivity index (χ1v) is 15.8. The van der Waals surface area contributed by atoms with Gasteiger partial charge in [0.1, 0.15) is 12.6 Å². The predicted molar refractivity (Wildman–Crippen MR) is 160 cm³/mol. The Labute approximate surface area is 242 Å². The average Bonchev–Trinajstić information content (AvgIpc) is 2.89. The Morgan fingerprint density at radius 1 is 1.11 bits per heavy atom. The van der Waals surface area contributed by atoms with E-state index in [4.69, 9.17) is 44.0 Å². The Bertz CT molecular complexity index is 1020. The molecule has 0 radical (unpaired) electrons. The van der Waals surface area contributed by atoms with Gasteiger partial charge in [-0.05, 0) is 35.3 Å². The number of esters is 1. The first-order chi connectivity index (χ1) is 17.9. The molecule has 6 nitrogen and oxygen atoms in total. The molecule has 2 unspecified atom stereocenters. The second-order valence-electron chi connectivity index (χ2n) is 10.5. The van der Waals surface area contributed by atoms with E-state index in [1.165, 1.54) is 10.4 Å². The molecule has 0 aromatic heterocycles. The fraction of sp³-hybridized carbons (Fsp3) is 0.464. The van der Waals surface area contributed by atoms with E-state index in [2.05, 4.69) is 86.6 Å². The fourth-order valence-corrected chi connectivity index (χ4v) is 9.66. The van der Waals surface area contributed by atoms with Crippen LogP contribution in [0.3, 0.4) is 0 Å². The maximum absolute atomic E-state index is 12.6. The SMILES string of the molecule is C=C(C(CO[Si](c1ccccc1)(c1ccccc1)C(C)(C)C)NC)N1CCCC(C(=O)OCC(Cl)(Cl)Cl)N1. The van der Waals surface area contributed by atoms with Gasteiger partial charge in [0, 0.05) is 12.2 Å². The quantitative estimate of drug-likeness (QED) is 0.238. The molecule has 1 aliphatic heterocycles.